The SMILES string of the molecule is CCN(CC)C(=O)C1CCCN1C(=O)C1CC12CCNCC2.Cl. The number of piperidine rings is 1. The molecule has 0 bridgehead atoms. The summed E-state index contributed by atoms with van der Waals surface area (Å²) < 4.78 is 0. The highest BCUT2D eigenvalue weighted by Gasteiger charge is 2.59. The van der Waals surface area contributed by atoms with Gasteiger partial charge in [-0.25, -0.2) is 0 Å². The van der Waals surface area contributed by atoms with Crippen LogP contribution >= 0.6 is 12.4 Å². The van der Waals surface area contributed by atoms with Crippen LogP contribution in [0.5, 0.6) is 0 Å². The second-order valence-electron chi connectivity index (χ2n) is 7.07. The molecule has 6 heteroatoms. The van der Waals surface area contributed by atoms with Crippen LogP contribution in [0.2, 0.25) is 0 Å². The fraction of sp³-hybridized carbons (Fsp3) is 0.882. The fourth-order valence-electron chi connectivity index (χ4n) is 4.41. The van der Waals surface area contributed by atoms with E-state index in [1.165, 1.54) is 0 Å². The summed E-state index contributed by atoms with van der Waals surface area (Å²) in [6, 6.07) is -0.202. The maximum absolute atomic E-state index is 12.9. The van der Waals surface area contributed by atoms with E-state index in [9.17, 15) is 9.59 Å². The van der Waals surface area contributed by atoms with Gasteiger partial charge in [0, 0.05) is 25.6 Å². The third kappa shape index (κ3) is 3.36. The van der Waals surface area contributed by atoms with Crippen LogP contribution in [0.15, 0.2) is 0 Å². The highest BCUT2D eigenvalue weighted by molar-refractivity contribution is 5.90. The van der Waals surface area contributed by atoms with Crippen molar-refractivity contribution in [2.45, 2.75) is 52.0 Å². The average Bonchev–Trinajstić information content (AvgIpc) is 3.01. The van der Waals surface area contributed by atoms with E-state index in [1.54, 1.807) is 0 Å². The summed E-state index contributed by atoms with van der Waals surface area (Å²) in [5.41, 5.74) is 0.258. The Morgan fingerprint density at radius 2 is 1.87 bits per heavy atom. The highest BCUT2D eigenvalue weighted by Crippen LogP contribution is 2.59. The van der Waals surface area contributed by atoms with E-state index in [1.807, 2.05) is 23.6 Å². The summed E-state index contributed by atoms with van der Waals surface area (Å²) >= 11 is 0. The number of carbonyl (C=O) groups is 2. The van der Waals surface area contributed by atoms with Crippen molar-refractivity contribution in [3.8, 4) is 0 Å². The molecule has 0 aromatic rings. The Morgan fingerprint density at radius 3 is 2.48 bits per heavy atom. The van der Waals surface area contributed by atoms with E-state index in [0.717, 1.165) is 64.8 Å². The zero-order chi connectivity index (χ0) is 15.7. The molecule has 2 unspecified atom stereocenters. The molecule has 1 N–H and O–H groups in total. The highest BCUT2D eigenvalue weighted by atomic mass is 35.5. The minimum atomic E-state index is -0.202. The largest absolute Gasteiger partial charge is 0.341 e. The lowest BCUT2D eigenvalue weighted by Crippen LogP contribution is -2.48. The Bertz CT molecular complexity index is 447. The molecule has 3 aliphatic rings. The maximum atomic E-state index is 12.9. The molecule has 0 radical (unpaired) electrons. The maximum Gasteiger partial charge on any atom is 0.245 e. The van der Waals surface area contributed by atoms with Crippen LogP contribution < -0.4 is 5.32 Å². The minimum Gasteiger partial charge on any atom is -0.341 e. The first-order valence-corrected chi connectivity index (χ1v) is 8.93. The van der Waals surface area contributed by atoms with Gasteiger partial charge in [-0.1, -0.05) is 0 Å². The Hall–Kier alpha value is -0.810. The van der Waals surface area contributed by atoms with Crippen molar-refractivity contribution in [1.29, 1.82) is 0 Å². The normalized spacial score (nSPS) is 28.3. The molecule has 1 spiro atoms. The number of nitrogens with zero attached hydrogens (tertiary/aromatic N) is 2. The third-order valence-corrected chi connectivity index (χ3v) is 5.98. The number of hydrogen-bond donors (Lipinski definition) is 1. The molecule has 3 rings (SSSR count). The zero-order valence-corrected chi connectivity index (χ0v) is 15.2. The van der Waals surface area contributed by atoms with Gasteiger partial charge < -0.3 is 15.1 Å². The molecule has 2 heterocycles. The molecule has 1 saturated carbocycles. The van der Waals surface area contributed by atoms with Gasteiger partial charge in [0.1, 0.15) is 6.04 Å². The Morgan fingerprint density at radius 1 is 1.22 bits per heavy atom. The number of halogens is 1. The smallest absolute Gasteiger partial charge is 0.245 e. The van der Waals surface area contributed by atoms with Gasteiger partial charge in [0.25, 0.3) is 0 Å². The topological polar surface area (TPSA) is 52.7 Å². The first kappa shape index (κ1) is 18.5. The number of hydrogen-bond acceptors (Lipinski definition) is 3. The van der Waals surface area contributed by atoms with Crippen LogP contribution in [-0.4, -0.2) is 60.4 Å². The van der Waals surface area contributed by atoms with Crippen LogP contribution in [0.1, 0.15) is 46.0 Å². The van der Waals surface area contributed by atoms with Crippen LogP contribution in [0.3, 0.4) is 0 Å². The summed E-state index contributed by atoms with van der Waals surface area (Å²) in [4.78, 5) is 29.4. The fourth-order valence-corrected chi connectivity index (χ4v) is 4.41. The predicted octanol–water partition coefficient (Wildman–Crippen LogP) is 1.66. The average molecular weight is 344 g/mol. The Labute approximate surface area is 145 Å². The summed E-state index contributed by atoms with van der Waals surface area (Å²) in [6.07, 6.45) is 5.07. The van der Waals surface area contributed by atoms with Crippen LogP contribution in [0.4, 0.5) is 0 Å². The second kappa shape index (κ2) is 7.39. The van der Waals surface area contributed by atoms with E-state index in [4.69, 9.17) is 0 Å². The summed E-state index contributed by atoms with van der Waals surface area (Å²) in [5, 5.41) is 3.38. The number of rotatable bonds is 4. The molecule has 132 valence electrons. The lowest BCUT2D eigenvalue weighted by atomic mass is 9.91. The zero-order valence-electron chi connectivity index (χ0n) is 14.3. The number of nitrogens with one attached hydrogen (secondary N) is 1. The van der Waals surface area contributed by atoms with Gasteiger partial charge in [-0.2, -0.15) is 0 Å². The minimum absolute atomic E-state index is 0. The molecule has 2 saturated heterocycles. The summed E-state index contributed by atoms with van der Waals surface area (Å²) in [5.74, 6) is 0.584. The monoisotopic (exact) mass is 343 g/mol. The van der Waals surface area contributed by atoms with Gasteiger partial charge in [0.2, 0.25) is 11.8 Å². The number of amides is 2. The first-order valence-electron chi connectivity index (χ1n) is 8.93. The van der Waals surface area contributed by atoms with Crippen LogP contribution in [-0.2, 0) is 9.59 Å². The quantitative estimate of drug-likeness (QED) is 0.844. The molecule has 0 aromatic carbocycles. The molecular formula is C17H30ClN3O2. The first-order chi connectivity index (χ1) is 10.6. The molecular weight excluding hydrogens is 314 g/mol. The van der Waals surface area contributed by atoms with E-state index in [-0.39, 0.29) is 41.6 Å². The van der Waals surface area contributed by atoms with Crippen molar-refractivity contribution in [3.05, 3.63) is 0 Å². The number of carbonyl (C=O) groups excluding carboxylic acids is 2. The molecule has 3 fully saturated rings. The molecule has 1 aliphatic carbocycles. The van der Waals surface area contributed by atoms with Crippen molar-refractivity contribution in [2.75, 3.05) is 32.7 Å². The van der Waals surface area contributed by atoms with Crippen LogP contribution in [0, 0.1) is 11.3 Å². The molecule has 0 aromatic heterocycles. The van der Waals surface area contributed by atoms with Crippen molar-refractivity contribution >= 4 is 24.2 Å². The van der Waals surface area contributed by atoms with E-state index in [2.05, 4.69) is 5.32 Å². The van der Waals surface area contributed by atoms with E-state index in [0.29, 0.717) is 0 Å². The second-order valence-corrected chi connectivity index (χ2v) is 7.07. The van der Waals surface area contributed by atoms with Crippen molar-refractivity contribution < 1.29 is 9.59 Å². The van der Waals surface area contributed by atoms with Gasteiger partial charge in [-0.05, 0) is 64.5 Å². The number of likely N-dealkylation sites (N-methyl/N-ethyl adjacent to an activating group) is 1. The molecule has 23 heavy (non-hydrogen) atoms. The lowest BCUT2D eigenvalue weighted by Gasteiger charge is -2.30. The summed E-state index contributed by atoms with van der Waals surface area (Å²) in [6.45, 7) is 8.30. The van der Waals surface area contributed by atoms with Gasteiger partial charge in [0.05, 0.1) is 0 Å². The molecule has 2 aliphatic heterocycles. The van der Waals surface area contributed by atoms with Gasteiger partial charge in [-0.15, -0.1) is 12.4 Å². The Kier molecular flexibility index (Phi) is 5.95. The van der Waals surface area contributed by atoms with Crippen molar-refractivity contribution in [2.24, 2.45) is 11.3 Å². The molecule has 5 nitrogen and oxygen atoms in total. The van der Waals surface area contributed by atoms with E-state index < -0.39 is 0 Å². The summed E-state index contributed by atoms with van der Waals surface area (Å²) in [7, 11) is 0. The molecule has 2 atom stereocenters. The van der Waals surface area contributed by atoms with Gasteiger partial charge >= 0.3 is 0 Å². The van der Waals surface area contributed by atoms with Crippen molar-refractivity contribution in [3.63, 3.8) is 0 Å². The number of likely N-dealkylation sites (tertiary alicyclic amines) is 1. The predicted molar refractivity (Wildman–Crippen MR) is 92.6 cm³/mol. The van der Waals surface area contributed by atoms with Crippen molar-refractivity contribution in [1.82, 2.24) is 15.1 Å². The van der Waals surface area contributed by atoms with E-state index >= 15 is 0 Å². The van der Waals surface area contributed by atoms with Crippen LogP contribution in [0.25, 0.3) is 0 Å². The van der Waals surface area contributed by atoms with Gasteiger partial charge in [0.15, 0.2) is 0 Å². The standard InChI is InChI=1S/C17H29N3O2.ClH/c1-3-19(4-2)16(22)14-6-5-11-20(14)15(21)13-12-17(13)7-9-18-10-8-17;/h13-14,18H,3-12H2,1-2H3;1H. The van der Waals surface area contributed by atoms with Gasteiger partial charge in [-0.3, -0.25) is 9.59 Å². The third-order valence-electron chi connectivity index (χ3n) is 5.98. The Balaban J connectivity index is 0.00000192. The molecule has 2 amide bonds. The lowest BCUT2D eigenvalue weighted by molar-refractivity contribution is -0.144.